The normalized spacial score (nSPS) is 39.3. The molecule has 3 unspecified atom stereocenters. The molecule has 3 fully saturated rings. The third-order valence-electron chi connectivity index (χ3n) is 6.40. The van der Waals surface area contributed by atoms with Crippen LogP contribution in [0, 0.1) is 29.1 Å². The second-order valence-corrected chi connectivity index (χ2v) is 8.51. The van der Waals surface area contributed by atoms with E-state index in [9.17, 15) is 9.90 Å². The van der Waals surface area contributed by atoms with Gasteiger partial charge in [-0.1, -0.05) is 6.92 Å². The summed E-state index contributed by atoms with van der Waals surface area (Å²) in [5, 5.41) is 14.1. The lowest BCUT2D eigenvalue weighted by atomic mass is 9.40. The summed E-state index contributed by atoms with van der Waals surface area (Å²) in [6.45, 7) is 2.26. The number of Topliss-reactive ketones (excluding diaryl/α,β-unsaturated/α-hetero) is 1. The molecule has 1 N–H and O–H groups in total. The van der Waals surface area contributed by atoms with Crippen LogP contribution in [-0.4, -0.2) is 44.6 Å². The van der Waals surface area contributed by atoms with Gasteiger partial charge in [-0.2, -0.15) is 0 Å². The van der Waals surface area contributed by atoms with Gasteiger partial charge in [-0.25, -0.2) is 9.67 Å². The van der Waals surface area contributed by atoms with Crippen molar-refractivity contribution in [3.05, 3.63) is 12.2 Å². The van der Waals surface area contributed by atoms with Crippen LogP contribution < -0.4 is 0 Å². The van der Waals surface area contributed by atoms with Crippen molar-refractivity contribution in [2.24, 2.45) is 29.1 Å². The van der Waals surface area contributed by atoms with Crippen LogP contribution in [0.3, 0.4) is 0 Å². The fourth-order valence-electron chi connectivity index (χ4n) is 5.42. The predicted molar refractivity (Wildman–Crippen MR) is 84.4 cm³/mol. The van der Waals surface area contributed by atoms with Crippen LogP contribution in [0.1, 0.15) is 56.0 Å². The van der Waals surface area contributed by atoms with E-state index in [0.717, 1.165) is 23.7 Å². The highest BCUT2D eigenvalue weighted by atomic mass is 16.3. The first-order valence-electron chi connectivity index (χ1n) is 8.65. The molecule has 0 radical (unpaired) electrons. The number of carbonyl (C=O) groups excluding carboxylic acids is 1. The van der Waals surface area contributed by atoms with Crippen molar-refractivity contribution in [1.29, 1.82) is 0 Å². The van der Waals surface area contributed by atoms with Crippen molar-refractivity contribution in [3.8, 4) is 0 Å². The van der Waals surface area contributed by atoms with Crippen LogP contribution in [0.4, 0.5) is 0 Å². The number of aliphatic hydroxyl groups excluding tert-OH is 1. The van der Waals surface area contributed by atoms with Gasteiger partial charge in [0.15, 0.2) is 0 Å². The van der Waals surface area contributed by atoms with E-state index in [4.69, 9.17) is 0 Å². The van der Waals surface area contributed by atoms with Crippen molar-refractivity contribution in [2.45, 2.75) is 45.4 Å². The number of hydrogen-bond acceptors (Lipinski definition) is 5. The molecule has 1 aromatic heterocycles. The Morgan fingerprint density at radius 1 is 1.39 bits per heavy atom. The zero-order chi connectivity index (χ0) is 16.4. The standard InChI is InChI=1S/C17H26N4O2/c1-17(6-11-4-10-5-12(7-17)14(10)11)8-13(22)15-18-9-21(19-15)16(23)20(2)3/h9-12,14,16,23H,4-8H2,1-3H3. The molecule has 0 amide bonds. The molecular weight excluding hydrogens is 292 g/mol. The summed E-state index contributed by atoms with van der Waals surface area (Å²) in [5.41, 5.74) is 0.0972. The zero-order valence-electron chi connectivity index (χ0n) is 14.1. The average Bonchev–Trinajstić information content (AvgIpc) is 2.91. The second-order valence-electron chi connectivity index (χ2n) is 8.51. The van der Waals surface area contributed by atoms with Gasteiger partial charge in [-0.15, -0.1) is 5.10 Å². The quantitative estimate of drug-likeness (QED) is 0.663. The maximum absolute atomic E-state index is 12.6. The van der Waals surface area contributed by atoms with Crippen LogP contribution in [0.2, 0.25) is 0 Å². The average molecular weight is 318 g/mol. The van der Waals surface area contributed by atoms with Crippen molar-refractivity contribution in [3.63, 3.8) is 0 Å². The minimum Gasteiger partial charge on any atom is -0.359 e. The molecule has 0 aromatic carbocycles. The van der Waals surface area contributed by atoms with E-state index in [0.29, 0.717) is 6.42 Å². The lowest BCUT2D eigenvalue weighted by molar-refractivity contribution is -0.157. The Hall–Kier alpha value is -1.27. The molecule has 0 bridgehead atoms. The van der Waals surface area contributed by atoms with Gasteiger partial charge in [0.25, 0.3) is 0 Å². The SMILES string of the molecule is CN(C)C(O)n1cnc(C(=O)CC2(C)CC3CC4CC(C2)C43)n1. The Balaban J connectivity index is 1.43. The van der Waals surface area contributed by atoms with Crippen molar-refractivity contribution in [1.82, 2.24) is 19.7 Å². The van der Waals surface area contributed by atoms with Gasteiger partial charge in [0.05, 0.1) is 0 Å². The maximum Gasteiger partial charge on any atom is 0.217 e. The molecular formula is C17H26N4O2. The Labute approximate surface area is 136 Å². The van der Waals surface area contributed by atoms with E-state index in [1.54, 1.807) is 19.0 Å². The highest BCUT2D eigenvalue weighted by Gasteiger charge is 2.59. The lowest BCUT2D eigenvalue weighted by Gasteiger charge is -2.65. The summed E-state index contributed by atoms with van der Waals surface area (Å²) < 4.78 is 1.33. The van der Waals surface area contributed by atoms with Crippen molar-refractivity contribution < 1.29 is 9.90 Å². The smallest absolute Gasteiger partial charge is 0.217 e. The van der Waals surface area contributed by atoms with Gasteiger partial charge in [-0.3, -0.25) is 9.69 Å². The molecule has 0 spiro atoms. The third kappa shape index (κ3) is 2.43. The first kappa shape index (κ1) is 15.3. The first-order valence-corrected chi connectivity index (χ1v) is 8.65. The number of ketones is 1. The number of hydrogen-bond donors (Lipinski definition) is 1. The Kier molecular flexibility index (Phi) is 3.39. The molecule has 23 heavy (non-hydrogen) atoms. The van der Waals surface area contributed by atoms with Crippen LogP contribution in [0.5, 0.6) is 0 Å². The highest BCUT2D eigenvalue weighted by molar-refractivity contribution is 5.92. The number of aliphatic hydroxyl groups is 1. The van der Waals surface area contributed by atoms with Crippen LogP contribution in [0.15, 0.2) is 6.33 Å². The van der Waals surface area contributed by atoms with Gasteiger partial charge in [0.1, 0.15) is 6.33 Å². The lowest BCUT2D eigenvalue weighted by Crippen LogP contribution is -2.57. The number of rotatable bonds is 5. The predicted octanol–water partition coefficient (Wildman–Crippen LogP) is 1.93. The van der Waals surface area contributed by atoms with Crippen molar-refractivity contribution in [2.75, 3.05) is 14.1 Å². The molecule has 3 atom stereocenters. The Bertz CT molecular complexity index is 610. The molecule has 126 valence electrons. The van der Waals surface area contributed by atoms with Crippen LogP contribution in [-0.2, 0) is 0 Å². The van der Waals surface area contributed by atoms with Gasteiger partial charge in [0.2, 0.25) is 18.0 Å². The van der Waals surface area contributed by atoms with Gasteiger partial charge < -0.3 is 5.11 Å². The van der Waals surface area contributed by atoms with E-state index in [1.807, 2.05) is 0 Å². The zero-order valence-corrected chi connectivity index (χ0v) is 14.1. The van der Waals surface area contributed by atoms with E-state index in [-0.39, 0.29) is 17.0 Å². The maximum atomic E-state index is 12.6. The fraction of sp³-hybridized carbons (Fsp3) is 0.824. The number of nitrogens with zero attached hydrogens (tertiary/aromatic N) is 4. The van der Waals surface area contributed by atoms with Crippen molar-refractivity contribution >= 4 is 5.78 Å². The largest absolute Gasteiger partial charge is 0.359 e. The summed E-state index contributed by atoms with van der Waals surface area (Å²) in [5.74, 6) is 3.93. The van der Waals surface area contributed by atoms with Crippen LogP contribution in [0.25, 0.3) is 0 Å². The molecule has 6 heteroatoms. The summed E-state index contributed by atoms with van der Waals surface area (Å²) in [7, 11) is 3.50. The molecule has 3 aliphatic rings. The molecule has 0 aliphatic heterocycles. The fourth-order valence-corrected chi connectivity index (χ4v) is 5.42. The Morgan fingerprint density at radius 3 is 2.61 bits per heavy atom. The topological polar surface area (TPSA) is 71.2 Å². The number of carbonyl (C=O) groups is 1. The molecule has 3 saturated carbocycles. The highest BCUT2D eigenvalue weighted by Crippen LogP contribution is 2.67. The minimum absolute atomic E-state index is 0.00542. The molecule has 0 saturated heterocycles. The van der Waals surface area contributed by atoms with E-state index in [2.05, 4.69) is 17.0 Å². The Morgan fingerprint density at radius 2 is 2.04 bits per heavy atom. The third-order valence-corrected chi connectivity index (χ3v) is 6.40. The number of aromatic nitrogens is 3. The van der Waals surface area contributed by atoms with E-state index < -0.39 is 6.35 Å². The summed E-state index contributed by atoms with van der Waals surface area (Å²) in [4.78, 5) is 18.3. The summed E-state index contributed by atoms with van der Waals surface area (Å²) >= 11 is 0. The molecule has 4 rings (SSSR count). The van der Waals surface area contributed by atoms with Gasteiger partial charge in [-0.05, 0) is 68.9 Å². The monoisotopic (exact) mass is 318 g/mol. The minimum atomic E-state index is -0.892. The van der Waals surface area contributed by atoms with Gasteiger partial charge >= 0.3 is 0 Å². The van der Waals surface area contributed by atoms with Crippen LogP contribution >= 0.6 is 0 Å². The van der Waals surface area contributed by atoms with E-state index in [1.165, 1.54) is 36.7 Å². The summed E-state index contributed by atoms with van der Waals surface area (Å²) in [6, 6.07) is 0. The molecule has 1 heterocycles. The molecule has 1 aromatic rings. The summed E-state index contributed by atoms with van der Waals surface area (Å²) in [6.07, 6.45) is 6.19. The van der Waals surface area contributed by atoms with E-state index >= 15 is 0 Å². The molecule has 6 nitrogen and oxygen atoms in total. The molecule has 3 aliphatic carbocycles. The first-order chi connectivity index (χ1) is 10.9. The second kappa shape index (κ2) is 5.11. The van der Waals surface area contributed by atoms with Gasteiger partial charge in [0, 0.05) is 6.42 Å².